The Morgan fingerprint density at radius 1 is 0.778 bits per heavy atom. The quantitative estimate of drug-likeness (QED) is 0.124. The SMILES string of the molecule is COc1cc(/C=C2\C(=O)N(c3ccc(C)cc3)C(=O)N(c3cccc4ccccc34)C2=O)cc(Br)c1OCc1ccc(Br)cc1. The van der Waals surface area contributed by atoms with E-state index in [1.54, 1.807) is 36.4 Å². The summed E-state index contributed by atoms with van der Waals surface area (Å²) in [4.78, 5) is 44.2. The van der Waals surface area contributed by atoms with Crippen LogP contribution >= 0.6 is 31.9 Å². The summed E-state index contributed by atoms with van der Waals surface area (Å²) < 4.78 is 13.3. The average molecular weight is 726 g/mol. The number of ether oxygens (including phenoxy) is 2. The number of hydrogen-bond acceptors (Lipinski definition) is 5. The van der Waals surface area contributed by atoms with Crippen LogP contribution in [-0.2, 0) is 16.2 Å². The van der Waals surface area contributed by atoms with Crippen molar-refractivity contribution in [3.8, 4) is 11.5 Å². The van der Waals surface area contributed by atoms with Crippen molar-refractivity contribution >= 4 is 77.9 Å². The van der Waals surface area contributed by atoms with Crippen LogP contribution < -0.4 is 19.3 Å². The van der Waals surface area contributed by atoms with Crippen LogP contribution in [0.2, 0.25) is 0 Å². The zero-order chi connectivity index (χ0) is 31.7. The van der Waals surface area contributed by atoms with E-state index in [-0.39, 0.29) is 5.57 Å². The van der Waals surface area contributed by atoms with Gasteiger partial charge >= 0.3 is 6.03 Å². The van der Waals surface area contributed by atoms with Crippen LogP contribution in [0.25, 0.3) is 16.8 Å². The van der Waals surface area contributed by atoms with Crippen LogP contribution in [0.5, 0.6) is 11.5 Å². The number of methoxy groups -OCH3 is 1. The molecule has 0 N–H and O–H groups in total. The van der Waals surface area contributed by atoms with Crippen molar-refractivity contribution in [3.63, 3.8) is 0 Å². The fourth-order valence-electron chi connectivity index (χ4n) is 5.13. The summed E-state index contributed by atoms with van der Waals surface area (Å²) in [6.07, 6.45) is 1.47. The molecule has 224 valence electrons. The predicted molar refractivity (Wildman–Crippen MR) is 183 cm³/mol. The molecule has 7 nitrogen and oxygen atoms in total. The smallest absolute Gasteiger partial charge is 0.343 e. The molecule has 0 saturated carbocycles. The highest BCUT2D eigenvalue weighted by Gasteiger charge is 2.44. The van der Waals surface area contributed by atoms with Crippen LogP contribution in [0.3, 0.4) is 0 Å². The normalized spacial score (nSPS) is 14.4. The molecule has 0 aromatic heterocycles. The molecule has 1 saturated heterocycles. The van der Waals surface area contributed by atoms with Crippen molar-refractivity contribution in [2.24, 2.45) is 0 Å². The third-order valence-electron chi connectivity index (χ3n) is 7.41. The second-order valence-corrected chi connectivity index (χ2v) is 12.2. The molecule has 4 amide bonds. The molecule has 0 spiro atoms. The van der Waals surface area contributed by atoms with E-state index < -0.39 is 17.8 Å². The summed E-state index contributed by atoms with van der Waals surface area (Å²) in [6.45, 7) is 2.21. The zero-order valence-electron chi connectivity index (χ0n) is 24.3. The summed E-state index contributed by atoms with van der Waals surface area (Å²) in [5, 5.41) is 1.56. The van der Waals surface area contributed by atoms with E-state index in [1.807, 2.05) is 73.7 Å². The van der Waals surface area contributed by atoms with Gasteiger partial charge in [0.25, 0.3) is 11.8 Å². The number of carbonyl (C=O) groups is 3. The number of carbonyl (C=O) groups excluding carboxylic acids is 3. The maximum absolute atomic E-state index is 14.1. The Bertz CT molecular complexity index is 1980. The van der Waals surface area contributed by atoms with E-state index >= 15 is 0 Å². The molecule has 9 heteroatoms. The van der Waals surface area contributed by atoms with Crippen LogP contribution in [0.4, 0.5) is 16.2 Å². The Balaban J connectivity index is 1.43. The standard InChI is InChI=1S/C36H26Br2N2O5/c1-22-10-16-27(17-11-22)39-34(41)29(35(42)40(36(39)43)31-9-5-7-25-6-3-4-8-28(25)31)18-24-19-30(38)33(32(20-24)44-2)45-21-23-12-14-26(37)15-13-23/h3-20H,21H2,1-2H3/b29-18+. The van der Waals surface area contributed by atoms with Gasteiger partial charge in [0.1, 0.15) is 12.2 Å². The number of imide groups is 2. The van der Waals surface area contributed by atoms with Gasteiger partial charge in [0.2, 0.25) is 0 Å². The Hall–Kier alpha value is -4.73. The number of fused-ring (bicyclic) bond motifs is 1. The summed E-state index contributed by atoms with van der Waals surface area (Å²) in [5.41, 5.74) is 2.99. The minimum Gasteiger partial charge on any atom is -0.493 e. The molecule has 1 fully saturated rings. The fourth-order valence-corrected chi connectivity index (χ4v) is 5.97. The molecule has 0 radical (unpaired) electrons. The number of aryl methyl sites for hydroxylation is 1. The minimum atomic E-state index is -0.752. The molecule has 6 rings (SSSR count). The first-order chi connectivity index (χ1) is 21.7. The molecule has 5 aromatic carbocycles. The lowest BCUT2D eigenvalue weighted by atomic mass is 10.0. The van der Waals surface area contributed by atoms with Gasteiger partial charge in [0.05, 0.1) is 23.0 Å². The lowest BCUT2D eigenvalue weighted by molar-refractivity contribution is -0.121. The summed E-state index contributed by atoms with van der Waals surface area (Å²) in [7, 11) is 1.52. The molecule has 0 unspecified atom stereocenters. The Kier molecular flexibility index (Phi) is 8.56. The number of urea groups is 1. The van der Waals surface area contributed by atoms with Gasteiger partial charge in [-0.25, -0.2) is 14.6 Å². The van der Waals surface area contributed by atoms with Crippen molar-refractivity contribution in [1.29, 1.82) is 0 Å². The van der Waals surface area contributed by atoms with Gasteiger partial charge in [0.15, 0.2) is 11.5 Å². The molecule has 0 aliphatic carbocycles. The van der Waals surface area contributed by atoms with Crippen LogP contribution in [0, 0.1) is 6.92 Å². The van der Waals surface area contributed by atoms with E-state index in [0.29, 0.717) is 44.9 Å². The average Bonchev–Trinajstić information content (AvgIpc) is 3.04. The van der Waals surface area contributed by atoms with Crippen molar-refractivity contribution in [2.75, 3.05) is 16.9 Å². The van der Waals surface area contributed by atoms with Crippen molar-refractivity contribution in [3.05, 3.63) is 134 Å². The van der Waals surface area contributed by atoms with E-state index in [0.717, 1.165) is 30.8 Å². The number of amides is 4. The molecule has 45 heavy (non-hydrogen) atoms. The van der Waals surface area contributed by atoms with Crippen LogP contribution in [0.15, 0.2) is 118 Å². The second-order valence-electron chi connectivity index (χ2n) is 10.4. The van der Waals surface area contributed by atoms with E-state index in [4.69, 9.17) is 9.47 Å². The molecular formula is C36H26Br2N2O5. The summed E-state index contributed by atoms with van der Waals surface area (Å²) in [6, 6.07) is 30.3. The largest absolute Gasteiger partial charge is 0.493 e. The number of hydrogen-bond donors (Lipinski definition) is 0. The number of benzene rings is 5. The third-order valence-corrected chi connectivity index (χ3v) is 8.53. The van der Waals surface area contributed by atoms with E-state index in [9.17, 15) is 14.4 Å². The van der Waals surface area contributed by atoms with Crippen molar-refractivity contribution in [1.82, 2.24) is 0 Å². The van der Waals surface area contributed by atoms with Gasteiger partial charge in [0, 0.05) is 9.86 Å². The second kappa shape index (κ2) is 12.7. The number of barbiturate groups is 1. The highest BCUT2D eigenvalue weighted by Crippen LogP contribution is 2.39. The van der Waals surface area contributed by atoms with Gasteiger partial charge in [-0.05, 0) is 87.9 Å². The molecule has 5 aromatic rings. The number of anilines is 2. The monoisotopic (exact) mass is 724 g/mol. The molecule has 0 bridgehead atoms. The van der Waals surface area contributed by atoms with Gasteiger partial charge in [-0.3, -0.25) is 9.59 Å². The molecule has 0 atom stereocenters. The highest BCUT2D eigenvalue weighted by atomic mass is 79.9. The zero-order valence-corrected chi connectivity index (χ0v) is 27.5. The van der Waals surface area contributed by atoms with Gasteiger partial charge in [-0.2, -0.15) is 0 Å². The number of nitrogens with zero attached hydrogens (tertiary/aromatic N) is 2. The van der Waals surface area contributed by atoms with Gasteiger partial charge < -0.3 is 9.47 Å². The van der Waals surface area contributed by atoms with E-state index in [2.05, 4.69) is 31.9 Å². The third kappa shape index (κ3) is 6.01. The highest BCUT2D eigenvalue weighted by molar-refractivity contribution is 9.10. The van der Waals surface area contributed by atoms with Crippen LogP contribution in [-0.4, -0.2) is 25.0 Å². The molecule has 1 aliphatic rings. The fraction of sp³-hybridized carbons (Fsp3) is 0.0833. The first-order valence-electron chi connectivity index (χ1n) is 14.0. The summed E-state index contributed by atoms with van der Waals surface area (Å²) >= 11 is 7.01. The molecule has 1 heterocycles. The number of rotatable bonds is 7. The Morgan fingerprint density at radius 2 is 1.47 bits per heavy atom. The lowest BCUT2D eigenvalue weighted by Gasteiger charge is -2.34. The first kappa shape index (κ1) is 30.3. The Labute approximate surface area is 276 Å². The first-order valence-corrected chi connectivity index (χ1v) is 15.6. The van der Waals surface area contributed by atoms with Crippen molar-refractivity contribution < 1.29 is 23.9 Å². The molecular weight excluding hydrogens is 700 g/mol. The topological polar surface area (TPSA) is 76.2 Å². The lowest BCUT2D eigenvalue weighted by Crippen LogP contribution is -2.57. The van der Waals surface area contributed by atoms with Gasteiger partial charge in [-0.15, -0.1) is 0 Å². The van der Waals surface area contributed by atoms with Crippen molar-refractivity contribution in [2.45, 2.75) is 13.5 Å². The maximum Gasteiger partial charge on any atom is 0.343 e. The van der Waals surface area contributed by atoms with Crippen LogP contribution in [0.1, 0.15) is 16.7 Å². The molecule has 1 aliphatic heterocycles. The van der Waals surface area contributed by atoms with E-state index in [1.165, 1.54) is 13.2 Å². The summed E-state index contributed by atoms with van der Waals surface area (Å²) in [5.74, 6) is -0.578. The minimum absolute atomic E-state index is 0.180. The van der Waals surface area contributed by atoms with Gasteiger partial charge in [-0.1, -0.05) is 82.2 Å². The predicted octanol–water partition coefficient (Wildman–Crippen LogP) is 8.84. The maximum atomic E-state index is 14.1. The Morgan fingerprint density at radius 3 is 2.20 bits per heavy atom. The number of halogens is 2.